The highest BCUT2D eigenvalue weighted by Crippen LogP contribution is 2.24. The zero-order chi connectivity index (χ0) is 16.2. The van der Waals surface area contributed by atoms with Gasteiger partial charge in [0.05, 0.1) is 11.8 Å². The molecule has 2 saturated heterocycles. The van der Waals surface area contributed by atoms with E-state index < -0.39 is 0 Å². The van der Waals surface area contributed by atoms with Crippen molar-refractivity contribution in [1.29, 1.82) is 0 Å². The van der Waals surface area contributed by atoms with E-state index in [1.54, 1.807) is 6.20 Å². The van der Waals surface area contributed by atoms with Gasteiger partial charge in [-0.15, -0.1) is 0 Å². The fraction of sp³-hybridized carbons (Fsp3) is 0.765. The lowest BCUT2D eigenvalue weighted by Crippen LogP contribution is -2.41. The van der Waals surface area contributed by atoms with E-state index in [2.05, 4.69) is 12.0 Å². The lowest BCUT2D eigenvalue weighted by atomic mass is 10.0. The minimum Gasteiger partial charge on any atom is -0.381 e. The molecule has 1 amide bonds. The number of nitrogens with zero attached hydrogens (tertiary/aromatic N) is 3. The number of amides is 1. The molecule has 0 aliphatic carbocycles. The molecule has 2 aliphatic rings. The summed E-state index contributed by atoms with van der Waals surface area (Å²) in [6.45, 7) is 8.53. The smallest absolute Gasteiger partial charge is 0.257 e. The SMILES string of the molecule is CC[C@H]1CN(C(=O)c2cnn(CC3CCOCC3)c2C)CCS1. The Morgan fingerprint density at radius 2 is 2.22 bits per heavy atom. The van der Waals surface area contributed by atoms with Crippen LogP contribution in [0.4, 0.5) is 0 Å². The van der Waals surface area contributed by atoms with Crippen LogP contribution in [0.1, 0.15) is 42.2 Å². The molecule has 6 heteroatoms. The van der Waals surface area contributed by atoms with Crippen LogP contribution in [0.15, 0.2) is 6.20 Å². The molecule has 0 unspecified atom stereocenters. The Bertz CT molecular complexity index is 540. The monoisotopic (exact) mass is 337 g/mol. The first-order valence-corrected chi connectivity index (χ1v) is 9.75. The van der Waals surface area contributed by atoms with Crippen LogP contribution in [0.25, 0.3) is 0 Å². The second-order valence-corrected chi connectivity index (χ2v) is 7.94. The number of ether oxygens (including phenoxy) is 1. The molecule has 0 spiro atoms. The predicted molar refractivity (Wildman–Crippen MR) is 92.9 cm³/mol. The Hall–Kier alpha value is -1.01. The van der Waals surface area contributed by atoms with Gasteiger partial charge in [-0.1, -0.05) is 6.92 Å². The van der Waals surface area contributed by atoms with Gasteiger partial charge >= 0.3 is 0 Å². The molecule has 1 aromatic rings. The Balaban J connectivity index is 1.66. The van der Waals surface area contributed by atoms with Crippen LogP contribution in [0, 0.1) is 12.8 Å². The van der Waals surface area contributed by atoms with E-state index in [4.69, 9.17) is 4.74 Å². The second kappa shape index (κ2) is 7.71. The van der Waals surface area contributed by atoms with Crippen LogP contribution in [0.5, 0.6) is 0 Å². The van der Waals surface area contributed by atoms with Gasteiger partial charge in [0.2, 0.25) is 0 Å². The molecule has 1 aromatic heterocycles. The summed E-state index contributed by atoms with van der Waals surface area (Å²) in [7, 11) is 0. The predicted octanol–water partition coefficient (Wildman–Crippen LogP) is 2.59. The number of carbonyl (C=O) groups is 1. The lowest BCUT2D eigenvalue weighted by molar-refractivity contribution is 0.0598. The summed E-state index contributed by atoms with van der Waals surface area (Å²) >= 11 is 1.99. The third-order valence-electron chi connectivity index (χ3n) is 4.99. The van der Waals surface area contributed by atoms with Crippen LogP contribution >= 0.6 is 11.8 Å². The molecule has 2 aliphatic heterocycles. The molecule has 23 heavy (non-hydrogen) atoms. The highest BCUT2D eigenvalue weighted by molar-refractivity contribution is 8.00. The van der Waals surface area contributed by atoms with Crippen molar-refractivity contribution < 1.29 is 9.53 Å². The zero-order valence-electron chi connectivity index (χ0n) is 14.2. The molecule has 1 atom stereocenters. The molecule has 0 aromatic carbocycles. The number of hydrogen-bond donors (Lipinski definition) is 0. The maximum Gasteiger partial charge on any atom is 0.257 e. The van der Waals surface area contributed by atoms with E-state index in [0.29, 0.717) is 11.2 Å². The summed E-state index contributed by atoms with van der Waals surface area (Å²) in [6, 6.07) is 0. The van der Waals surface area contributed by atoms with Crippen molar-refractivity contribution in [2.45, 2.75) is 44.9 Å². The largest absolute Gasteiger partial charge is 0.381 e. The standard InChI is InChI=1S/C17H27N3O2S/c1-3-15-12-19(6-9-23-15)17(21)16-10-18-20(13(16)2)11-14-4-7-22-8-5-14/h10,14-15H,3-9,11-12H2,1-2H3/t15-/m0/s1. The Morgan fingerprint density at radius 3 is 2.96 bits per heavy atom. The minimum absolute atomic E-state index is 0.152. The quantitative estimate of drug-likeness (QED) is 0.847. The van der Waals surface area contributed by atoms with E-state index >= 15 is 0 Å². The average Bonchev–Trinajstić information content (AvgIpc) is 2.96. The first-order chi connectivity index (χ1) is 11.2. The maximum atomic E-state index is 12.8. The molecular weight excluding hydrogens is 310 g/mol. The van der Waals surface area contributed by atoms with Gasteiger partial charge in [-0.2, -0.15) is 16.9 Å². The average molecular weight is 337 g/mol. The van der Waals surface area contributed by atoms with Crippen molar-refractivity contribution >= 4 is 17.7 Å². The van der Waals surface area contributed by atoms with Gasteiger partial charge in [-0.05, 0) is 32.1 Å². The molecule has 2 fully saturated rings. The summed E-state index contributed by atoms with van der Waals surface area (Å²) < 4.78 is 7.43. The van der Waals surface area contributed by atoms with Crippen molar-refractivity contribution in [3.05, 3.63) is 17.5 Å². The third kappa shape index (κ3) is 3.91. The fourth-order valence-electron chi connectivity index (χ4n) is 3.34. The molecule has 3 rings (SSSR count). The van der Waals surface area contributed by atoms with Gasteiger partial charge in [0.15, 0.2) is 0 Å². The van der Waals surface area contributed by atoms with Crippen molar-refractivity contribution in [3.63, 3.8) is 0 Å². The Kier molecular flexibility index (Phi) is 5.64. The van der Waals surface area contributed by atoms with Crippen LogP contribution in [0.2, 0.25) is 0 Å². The van der Waals surface area contributed by atoms with Crippen LogP contribution in [0.3, 0.4) is 0 Å². The van der Waals surface area contributed by atoms with Crippen molar-refractivity contribution in [3.8, 4) is 0 Å². The third-order valence-corrected chi connectivity index (χ3v) is 6.36. The Morgan fingerprint density at radius 1 is 1.43 bits per heavy atom. The van der Waals surface area contributed by atoms with Gasteiger partial charge in [0, 0.05) is 49.5 Å². The first-order valence-electron chi connectivity index (χ1n) is 8.70. The zero-order valence-corrected chi connectivity index (χ0v) is 15.0. The van der Waals surface area contributed by atoms with Gasteiger partial charge in [-0.25, -0.2) is 0 Å². The van der Waals surface area contributed by atoms with Crippen molar-refractivity contribution in [1.82, 2.24) is 14.7 Å². The van der Waals surface area contributed by atoms with E-state index in [0.717, 1.165) is 69.1 Å². The maximum absolute atomic E-state index is 12.8. The number of rotatable bonds is 4. The number of thioether (sulfide) groups is 1. The molecule has 0 bridgehead atoms. The van der Waals surface area contributed by atoms with Crippen LogP contribution in [-0.2, 0) is 11.3 Å². The van der Waals surface area contributed by atoms with Crippen molar-refractivity contribution in [2.24, 2.45) is 5.92 Å². The van der Waals surface area contributed by atoms with Gasteiger partial charge in [-0.3, -0.25) is 9.48 Å². The number of aromatic nitrogens is 2. The van der Waals surface area contributed by atoms with Gasteiger partial charge < -0.3 is 9.64 Å². The first kappa shape index (κ1) is 16.8. The summed E-state index contributed by atoms with van der Waals surface area (Å²) in [5, 5.41) is 5.06. The number of hydrogen-bond acceptors (Lipinski definition) is 4. The second-order valence-electron chi connectivity index (χ2n) is 6.53. The van der Waals surface area contributed by atoms with E-state index in [9.17, 15) is 4.79 Å². The van der Waals surface area contributed by atoms with E-state index in [-0.39, 0.29) is 5.91 Å². The van der Waals surface area contributed by atoms with E-state index in [1.165, 1.54) is 0 Å². The topological polar surface area (TPSA) is 47.4 Å². The molecule has 3 heterocycles. The normalized spacial score (nSPS) is 23.2. The molecular formula is C17H27N3O2S. The molecule has 128 valence electrons. The summed E-state index contributed by atoms with van der Waals surface area (Å²) in [4.78, 5) is 14.8. The van der Waals surface area contributed by atoms with Crippen LogP contribution in [-0.4, -0.2) is 57.9 Å². The highest BCUT2D eigenvalue weighted by Gasteiger charge is 2.26. The molecule has 5 nitrogen and oxygen atoms in total. The number of carbonyl (C=O) groups excluding carboxylic acids is 1. The van der Waals surface area contributed by atoms with Crippen molar-refractivity contribution in [2.75, 3.05) is 32.1 Å². The van der Waals surface area contributed by atoms with E-state index in [1.807, 2.05) is 28.3 Å². The fourth-order valence-corrected chi connectivity index (χ4v) is 4.52. The Labute approximate surface area is 142 Å². The van der Waals surface area contributed by atoms with Gasteiger partial charge in [0.25, 0.3) is 5.91 Å². The molecule has 0 N–H and O–H groups in total. The molecule has 0 radical (unpaired) electrons. The van der Waals surface area contributed by atoms with Gasteiger partial charge in [0.1, 0.15) is 0 Å². The summed E-state index contributed by atoms with van der Waals surface area (Å²) in [5.41, 5.74) is 1.78. The lowest BCUT2D eigenvalue weighted by Gasteiger charge is -2.31. The highest BCUT2D eigenvalue weighted by atomic mass is 32.2. The van der Waals surface area contributed by atoms with Crippen LogP contribution < -0.4 is 0 Å². The molecule has 0 saturated carbocycles. The minimum atomic E-state index is 0.152. The summed E-state index contributed by atoms with van der Waals surface area (Å²) in [5.74, 6) is 1.81. The summed E-state index contributed by atoms with van der Waals surface area (Å²) in [6.07, 6.45) is 5.06.